The zero-order chi connectivity index (χ0) is 34.2. The van der Waals surface area contributed by atoms with E-state index in [1.807, 2.05) is 24.3 Å². The number of halogens is 4. The number of nitrogens with one attached hydrogen (secondary N) is 1. The van der Waals surface area contributed by atoms with Crippen LogP contribution in [-0.4, -0.2) is 87.5 Å². The molecule has 2 aromatic carbocycles. The Morgan fingerprint density at radius 2 is 1.54 bits per heavy atom. The van der Waals surface area contributed by atoms with Crippen LogP contribution in [0.5, 0.6) is 5.75 Å². The second kappa shape index (κ2) is 14.2. The number of H-pyrrole nitrogens is 1. The van der Waals surface area contributed by atoms with Crippen molar-refractivity contribution in [2.45, 2.75) is 63.6 Å². The second-order valence-corrected chi connectivity index (χ2v) is 14.2. The maximum absolute atomic E-state index is 14.1. The van der Waals surface area contributed by atoms with Crippen LogP contribution in [0.2, 0.25) is 5.02 Å². The summed E-state index contributed by atoms with van der Waals surface area (Å²) in [4.78, 5) is 49.2. The molecule has 2 N–H and O–H groups in total. The minimum atomic E-state index is -4.84. The van der Waals surface area contributed by atoms with Crippen molar-refractivity contribution in [3.05, 3.63) is 63.0 Å². The summed E-state index contributed by atoms with van der Waals surface area (Å²) in [6, 6.07) is 9.43. The molecule has 3 saturated heterocycles. The number of aromatic hydroxyl groups is 1. The number of hydrogen-bond acceptors (Lipinski definition) is 5. The molecule has 0 spiro atoms. The molecule has 9 nitrogen and oxygen atoms in total. The fourth-order valence-electron chi connectivity index (χ4n) is 8.02. The third-order valence-electron chi connectivity index (χ3n) is 10.8. The Morgan fingerprint density at radius 3 is 2.19 bits per heavy atom. The van der Waals surface area contributed by atoms with Crippen molar-refractivity contribution in [3.8, 4) is 5.75 Å². The van der Waals surface area contributed by atoms with Crippen LogP contribution in [0.3, 0.4) is 0 Å². The zero-order valence-electron chi connectivity index (χ0n) is 27.1. The van der Waals surface area contributed by atoms with Crippen LogP contribution in [0.25, 0.3) is 11.0 Å². The molecule has 4 heterocycles. The first-order valence-electron chi connectivity index (χ1n) is 16.9. The van der Waals surface area contributed by atoms with Gasteiger partial charge in [-0.25, -0.2) is 4.79 Å². The maximum atomic E-state index is 14.1. The molecule has 3 aliphatic rings. The summed E-state index contributed by atoms with van der Waals surface area (Å²) in [6.45, 7) is 4.02. The van der Waals surface area contributed by atoms with Gasteiger partial charge in [0.2, 0.25) is 11.8 Å². The number of rotatable bonds is 7. The van der Waals surface area contributed by atoms with Crippen LogP contribution in [0, 0.1) is 17.8 Å². The van der Waals surface area contributed by atoms with Crippen LogP contribution >= 0.6 is 11.6 Å². The van der Waals surface area contributed by atoms with Crippen LogP contribution in [0.15, 0.2) is 41.2 Å². The van der Waals surface area contributed by atoms with E-state index in [0.29, 0.717) is 50.9 Å². The Balaban J connectivity index is 1.16. The number of para-hydroxylation sites is 2. The standard InChI is InChI=1S/C35H43ClF3N5O4/c1-41-12-6-23(7-13-41)24-8-14-43(15-9-24)33(47)25(18-22-19-27(35(37,38)39)32(46)28(36)20-22)21-31(45)42-16-10-26(11-17-42)44-30-5-3-2-4-29(30)40-34(44)48/h2-5,19-20,23-26,46H,6-18,21H2,1H3,(H,40,48)/t25-/m0/s1. The minimum absolute atomic E-state index is 0.0964. The number of carbonyl (C=O) groups excluding carboxylic acids is 2. The number of aromatic amines is 1. The SMILES string of the molecule is CN1CCC(C2CCN(C(=O)[C@H](CC(=O)N3CCC(n4c(=O)[nH]c5ccccc54)CC3)Cc3cc(Cl)c(O)c(C(F)(F)F)c3)CC2)CC1. The number of carbonyl (C=O) groups is 2. The van der Waals surface area contributed by atoms with Crippen molar-refractivity contribution in [2.75, 3.05) is 46.3 Å². The Labute approximate surface area is 282 Å². The topological polar surface area (TPSA) is 102 Å². The molecule has 3 fully saturated rings. The number of phenols is 1. The van der Waals surface area contributed by atoms with Crippen molar-refractivity contribution in [2.24, 2.45) is 17.8 Å². The number of fused-ring (bicyclic) bond motifs is 1. The van der Waals surface area contributed by atoms with Crippen molar-refractivity contribution in [3.63, 3.8) is 0 Å². The number of alkyl halides is 3. The van der Waals surface area contributed by atoms with Gasteiger partial charge in [-0.2, -0.15) is 13.2 Å². The van der Waals surface area contributed by atoms with Crippen molar-refractivity contribution in [1.82, 2.24) is 24.3 Å². The number of aromatic nitrogens is 2. The monoisotopic (exact) mass is 689 g/mol. The normalized spacial score (nSPS) is 20.0. The molecule has 0 bridgehead atoms. The average molecular weight is 690 g/mol. The van der Waals surface area contributed by atoms with Gasteiger partial charge < -0.3 is 24.8 Å². The van der Waals surface area contributed by atoms with E-state index in [2.05, 4.69) is 16.9 Å². The van der Waals surface area contributed by atoms with Gasteiger partial charge in [-0.05, 0) is 107 Å². The van der Waals surface area contributed by atoms with Crippen LogP contribution in [0.4, 0.5) is 13.2 Å². The molecule has 3 aromatic rings. The lowest BCUT2D eigenvalue weighted by Crippen LogP contribution is -2.46. The van der Waals surface area contributed by atoms with E-state index >= 15 is 0 Å². The van der Waals surface area contributed by atoms with Gasteiger partial charge in [0.25, 0.3) is 0 Å². The van der Waals surface area contributed by atoms with Crippen molar-refractivity contribution in [1.29, 1.82) is 0 Å². The van der Waals surface area contributed by atoms with Gasteiger partial charge in [0.15, 0.2) is 0 Å². The lowest BCUT2D eigenvalue weighted by atomic mass is 9.78. The first-order valence-corrected chi connectivity index (χ1v) is 17.3. The van der Waals surface area contributed by atoms with Gasteiger partial charge >= 0.3 is 11.9 Å². The van der Waals surface area contributed by atoms with Gasteiger partial charge in [0.05, 0.1) is 27.5 Å². The molecule has 13 heteroatoms. The van der Waals surface area contributed by atoms with Crippen LogP contribution in [-0.2, 0) is 22.2 Å². The summed E-state index contributed by atoms with van der Waals surface area (Å²) < 4.78 is 42.9. The van der Waals surface area contributed by atoms with E-state index in [4.69, 9.17) is 11.6 Å². The summed E-state index contributed by atoms with van der Waals surface area (Å²) in [6.07, 6.45) is -0.00323. The third kappa shape index (κ3) is 7.39. The summed E-state index contributed by atoms with van der Waals surface area (Å²) in [5.41, 5.74) is 0.229. The highest BCUT2D eigenvalue weighted by Crippen LogP contribution is 2.41. The molecule has 1 aromatic heterocycles. The summed E-state index contributed by atoms with van der Waals surface area (Å²) in [7, 11) is 2.13. The second-order valence-electron chi connectivity index (χ2n) is 13.8. The average Bonchev–Trinajstić information content (AvgIpc) is 3.41. The van der Waals surface area contributed by atoms with Crippen LogP contribution in [0.1, 0.15) is 62.1 Å². The molecule has 260 valence electrons. The number of likely N-dealkylation sites (tertiary alicyclic amines) is 3. The number of phenolic OH excluding ortho intramolecular Hbond substituents is 1. The molecular weight excluding hydrogens is 647 g/mol. The molecule has 0 saturated carbocycles. The molecule has 0 radical (unpaired) electrons. The smallest absolute Gasteiger partial charge is 0.420 e. The molecule has 2 amide bonds. The predicted octanol–water partition coefficient (Wildman–Crippen LogP) is 5.70. The zero-order valence-corrected chi connectivity index (χ0v) is 27.9. The summed E-state index contributed by atoms with van der Waals surface area (Å²) in [5.74, 6) is -1.30. The van der Waals surface area contributed by atoms with Crippen LogP contribution < -0.4 is 5.69 Å². The Hall–Kier alpha value is -3.51. The number of hydrogen-bond donors (Lipinski definition) is 2. The summed E-state index contributed by atoms with van der Waals surface area (Å²) in [5, 5.41) is 9.57. The fraction of sp³-hybridized carbons (Fsp3) is 0.571. The largest absolute Gasteiger partial charge is 0.506 e. The van der Waals surface area contributed by atoms with E-state index in [1.54, 1.807) is 14.4 Å². The number of nitrogens with zero attached hydrogens (tertiary/aromatic N) is 4. The fourth-order valence-corrected chi connectivity index (χ4v) is 8.26. The highest BCUT2D eigenvalue weighted by Gasteiger charge is 2.38. The number of benzene rings is 2. The Bertz CT molecular complexity index is 1680. The highest BCUT2D eigenvalue weighted by molar-refractivity contribution is 6.32. The molecule has 0 unspecified atom stereocenters. The Kier molecular flexibility index (Phi) is 10.1. The van der Waals surface area contributed by atoms with Crippen molar-refractivity contribution >= 4 is 34.4 Å². The first kappa shape index (κ1) is 34.4. The molecule has 48 heavy (non-hydrogen) atoms. The minimum Gasteiger partial charge on any atom is -0.506 e. The van der Waals surface area contributed by atoms with Gasteiger partial charge in [0, 0.05) is 38.6 Å². The third-order valence-corrected chi connectivity index (χ3v) is 11.1. The molecule has 1 atom stereocenters. The first-order chi connectivity index (χ1) is 22.9. The van der Waals surface area contributed by atoms with Gasteiger partial charge in [-0.3, -0.25) is 14.2 Å². The lowest BCUT2D eigenvalue weighted by molar-refractivity contribution is -0.143. The molecular formula is C35H43ClF3N5O4. The summed E-state index contributed by atoms with van der Waals surface area (Å²) >= 11 is 6.02. The van der Waals surface area contributed by atoms with Crippen molar-refractivity contribution < 1.29 is 27.9 Å². The highest BCUT2D eigenvalue weighted by atomic mass is 35.5. The van der Waals surface area contributed by atoms with E-state index < -0.39 is 28.4 Å². The number of imidazole rings is 1. The maximum Gasteiger partial charge on any atom is 0.420 e. The van der Waals surface area contributed by atoms with Gasteiger partial charge in [-0.15, -0.1) is 0 Å². The van der Waals surface area contributed by atoms with E-state index in [1.165, 1.54) is 6.07 Å². The van der Waals surface area contributed by atoms with Gasteiger partial charge in [0.1, 0.15) is 5.75 Å². The predicted molar refractivity (Wildman–Crippen MR) is 177 cm³/mol. The number of piperidine rings is 3. The van der Waals surface area contributed by atoms with E-state index in [-0.39, 0.29) is 42.0 Å². The molecule has 0 aliphatic carbocycles. The quantitative estimate of drug-likeness (QED) is 0.332. The van der Waals surface area contributed by atoms with E-state index in [0.717, 1.165) is 55.9 Å². The van der Waals surface area contributed by atoms with E-state index in [9.17, 15) is 32.7 Å². The van der Waals surface area contributed by atoms with Gasteiger partial charge in [-0.1, -0.05) is 23.7 Å². The molecule has 3 aliphatic heterocycles. The lowest BCUT2D eigenvalue weighted by Gasteiger charge is -2.40. The Morgan fingerprint density at radius 1 is 0.938 bits per heavy atom. The molecule has 6 rings (SSSR count). The number of amides is 2.